The third-order valence-electron chi connectivity index (χ3n) is 5.48. The first-order chi connectivity index (χ1) is 13.6. The summed E-state index contributed by atoms with van der Waals surface area (Å²) >= 11 is 3.57. The van der Waals surface area contributed by atoms with Crippen LogP contribution in [0.15, 0.2) is 59.5 Å². The largest absolute Gasteiger partial charge is 0.381 e. The third-order valence-corrected chi connectivity index (χ3v) is 5.97. The van der Waals surface area contributed by atoms with Crippen molar-refractivity contribution < 1.29 is 9.53 Å². The van der Waals surface area contributed by atoms with E-state index >= 15 is 0 Å². The molecule has 0 spiro atoms. The molecule has 1 N–H and O–H groups in total. The van der Waals surface area contributed by atoms with Crippen molar-refractivity contribution in [3.8, 4) is 5.82 Å². The molecular weight excluding hydrogens is 420 g/mol. The van der Waals surface area contributed by atoms with E-state index in [2.05, 4.69) is 38.5 Å². The first-order valence-corrected chi connectivity index (χ1v) is 10.2. The minimum absolute atomic E-state index is 0.113. The number of nitrogens with zero attached hydrogens (tertiary/aromatic N) is 3. The van der Waals surface area contributed by atoms with Gasteiger partial charge in [-0.1, -0.05) is 28.1 Å². The van der Waals surface area contributed by atoms with Crippen molar-refractivity contribution in [1.82, 2.24) is 19.7 Å². The third kappa shape index (κ3) is 3.64. The van der Waals surface area contributed by atoms with Gasteiger partial charge in [-0.3, -0.25) is 9.48 Å². The molecule has 0 unspecified atom stereocenters. The number of aromatic nitrogens is 3. The van der Waals surface area contributed by atoms with Crippen LogP contribution in [0.5, 0.6) is 0 Å². The highest BCUT2D eigenvalue weighted by atomic mass is 79.9. The van der Waals surface area contributed by atoms with Crippen LogP contribution in [0.3, 0.4) is 0 Å². The van der Waals surface area contributed by atoms with Crippen molar-refractivity contribution in [2.45, 2.75) is 18.3 Å². The van der Waals surface area contributed by atoms with E-state index in [1.165, 1.54) is 5.56 Å². The molecule has 0 atom stereocenters. The molecule has 6 nitrogen and oxygen atoms in total. The average molecular weight is 443 g/mol. The molecule has 0 saturated carbocycles. The van der Waals surface area contributed by atoms with Gasteiger partial charge in [-0.05, 0) is 42.7 Å². The van der Waals surface area contributed by atoms with Crippen LogP contribution in [0.1, 0.15) is 28.8 Å². The van der Waals surface area contributed by atoms with Gasteiger partial charge in [-0.15, -0.1) is 0 Å². The smallest absolute Gasteiger partial charge is 0.256 e. The minimum Gasteiger partial charge on any atom is -0.381 e. The normalized spacial score (nSPS) is 16.1. The van der Waals surface area contributed by atoms with E-state index in [4.69, 9.17) is 4.74 Å². The van der Waals surface area contributed by atoms with Crippen molar-refractivity contribution in [3.63, 3.8) is 0 Å². The van der Waals surface area contributed by atoms with Crippen molar-refractivity contribution in [2.24, 2.45) is 7.05 Å². The fraction of sp³-hybridized carbons (Fsp3) is 0.333. The van der Waals surface area contributed by atoms with E-state index in [1.807, 2.05) is 48.3 Å². The summed E-state index contributed by atoms with van der Waals surface area (Å²) in [6.07, 6.45) is 7.20. The first kappa shape index (κ1) is 19.0. The molecular formula is C21H23BrN4O2. The molecule has 1 aliphatic heterocycles. The first-order valence-electron chi connectivity index (χ1n) is 9.36. The van der Waals surface area contributed by atoms with E-state index < -0.39 is 0 Å². The zero-order chi connectivity index (χ0) is 19.6. The highest BCUT2D eigenvalue weighted by molar-refractivity contribution is 9.10. The van der Waals surface area contributed by atoms with E-state index in [9.17, 15) is 4.79 Å². The number of nitrogens with one attached hydrogen (secondary N) is 1. The van der Waals surface area contributed by atoms with Crippen LogP contribution in [0.2, 0.25) is 0 Å². The zero-order valence-corrected chi connectivity index (χ0v) is 17.4. The number of carbonyl (C=O) groups excluding carboxylic acids is 1. The van der Waals surface area contributed by atoms with Crippen LogP contribution in [-0.2, 0) is 17.2 Å². The van der Waals surface area contributed by atoms with E-state index in [0.29, 0.717) is 25.3 Å². The number of carbonyl (C=O) groups is 1. The van der Waals surface area contributed by atoms with Gasteiger partial charge in [0.15, 0.2) is 0 Å². The van der Waals surface area contributed by atoms with E-state index in [0.717, 1.165) is 23.1 Å². The summed E-state index contributed by atoms with van der Waals surface area (Å²) in [7, 11) is 1.84. The maximum absolute atomic E-state index is 13.0. The Morgan fingerprint density at radius 1 is 1.25 bits per heavy atom. The zero-order valence-electron chi connectivity index (χ0n) is 15.8. The maximum Gasteiger partial charge on any atom is 0.256 e. The number of hydrogen-bond donors (Lipinski definition) is 1. The van der Waals surface area contributed by atoms with Crippen molar-refractivity contribution in [2.75, 3.05) is 19.8 Å². The fourth-order valence-corrected chi connectivity index (χ4v) is 4.27. The maximum atomic E-state index is 13.0. The molecule has 1 saturated heterocycles. The summed E-state index contributed by atoms with van der Waals surface area (Å²) in [5, 5.41) is 7.45. The lowest BCUT2D eigenvalue weighted by Gasteiger charge is -2.38. The lowest BCUT2D eigenvalue weighted by atomic mass is 9.74. The Kier molecular flexibility index (Phi) is 5.37. The molecule has 1 aliphatic rings. The summed E-state index contributed by atoms with van der Waals surface area (Å²) in [5.41, 5.74) is 1.66. The Labute approximate surface area is 172 Å². The quantitative estimate of drug-likeness (QED) is 0.657. The van der Waals surface area contributed by atoms with Gasteiger partial charge in [-0.25, -0.2) is 0 Å². The number of halogens is 1. The van der Waals surface area contributed by atoms with Gasteiger partial charge in [0.1, 0.15) is 11.4 Å². The number of benzene rings is 1. The van der Waals surface area contributed by atoms with Gasteiger partial charge in [0.2, 0.25) is 0 Å². The van der Waals surface area contributed by atoms with Gasteiger partial charge < -0.3 is 14.6 Å². The van der Waals surface area contributed by atoms with Gasteiger partial charge in [0.25, 0.3) is 5.91 Å². The molecule has 3 heterocycles. The molecule has 1 fully saturated rings. The van der Waals surface area contributed by atoms with E-state index in [-0.39, 0.29) is 11.3 Å². The lowest BCUT2D eigenvalue weighted by molar-refractivity contribution is 0.0487. The van der Waals surface area contributed by atoms with Crippen LogP contribution in [-0.4, -0.2) is 40.0 Å². The summed E-state index contributed by atoms with van der Waals surface area (Å²) in [6, 6.07) is 12.2. The monoisotopic (exact) mass is 442 g/mol. The lowest BCUT2D eigenvalue weighted by Crippen LogP contribution is -2.44. The predicted octanol–water partition coefficient (Wildman–Crippen LogP) is 3.45. The highest BCUT2D eigenvalue weighted by Crippen LogP contribution is 2.35. The predicted molar refractivity (Wildman–Crippen MR) is 111 cm³/mol. The summed E-state index contributed by atoms with van der Waals surface area (Å²) in [4.78, 5) is 13.0. The molecule has 1 aromatic carbocycles. The standard InChI is InChI=1S/C21H23BrN4O2/c1-25-20(26-9-2-3-10-26)18(14-24-25)19(27)23-15-21(7-11-28-12-8-21)16-5-4-6-17(22)13-16/h2-6,9-10,13-14H,7-8,11-12,15H2,1H3,(H,23,27). The second-order valence-electron chi connectivity index (χ2n) is 7.18. The molecule has 7 heteroatoms. The number of rotatable bonds is 5. The summed E-state index contributed by atoms with van der Waals surface area (Å²) in [6.45, 7) is 1.96. The highest BCUT2D eigenvalue weighted by Gasteiger charge is 2.35. The summed E-state index contributed by atoms with van der Waals surface area (Å²) < 4.78 is 10.3. The fourth-order valence-electron chi connectivity index (χ4n) is 3.87. The number of aryl methyl sites for hydroxylation is 1. The molecule has 0 radical (unpaired) electrons. The second kappa shape index (κ2) is 7.93. The Morgan fingerprint density at radius 2 is 2.00 bits per heavy atom. The molecule has 3 aromatic rings. The SMILES string of the molecule is Cn1ncc(C(=O)NCC2(c3cccc(Br)c3)CCOCC2)c1-n1cccc1. The Morgan fingerprint density at radius 3 is 2.71 bits per heavy atom. The van der Waals surface area contributed by atoms with Crippen LogP contribution < -0.4 is 5.32 Å². The molecule has 4 rings (SSSR count). The minimum atomic E-state index is -0.131. The van der Waals surface area contributed by atoms with Gasteiger partial charge >= 0.3 is 0 Å². The molecule has 0 aliphatic carbocycles. The second-order valence-corrected chi connectivity index (χ2v) is 8.10. The molecule has 1 amide bonds. The molecule has 28 heavy (non-hydrogen) atoms. The van der Waals surface area contributed by atoms with Crippen molar-refractivity contribution in [3.05, 3.63) is 70.6 Å². The van der Waals surface area contributed by atoms with Crippen LogP contribution in [0.4, 0.5) is 0 Å². The van der Waals surface area contributed by atoms with Crippen molar-refractivity contribution >= 4 is 21.8 Å². The molecule has 0 bridgehead atoms. The van der Waals surface area contributed by atoms with Crippen molar-refractivity contribution in [1.29, 1.82) is 0 Å². The molecule has 146 valence electrons. The Hall–Kier alpha value is -2.38. The van der Waals surface area contributed by atoms with Crippen LogP contribution in [0, 0.1) is 0 Å². The topological polar surface area (TPSA) is 61.1 Å². The average Bonchev–Trinajstić information content (AvgIpc) is 3.36. The van der Waals surface area contributed by atoms with E-state index in [1.54, 1.807) is 10.9 Å². The number of amides is 1. The summed E-state index contributed by atoms with van der Waals surface area (Å²) in [5.74, 6) is 0.642. The molecule has 2 aromatic heterocycles. The van der Waals surface area contributed by atoms with Crippen LogP contribution >= 0.6 is 15.9 Å². The number of ether oxygens (including phenoxy) is 1. The number of hydrogen-bond acceptors (Lipinski definition) is 3. The van der Waals surface area contributed by atoms with Gasteiger partial charge in [0, 0.05) is 49.1 Å². The van der Waals surface area contributed by atoms with Gasteiger partial charge in [-0.2, -0.15) is 5.10 Å². The Balaban J connectivity index is 1.58. The van der Waals surface area contributed by atoms with Gasteiger partial charge in [0.05, 0.1) is 6.20 Å². The van der Waals surface area contributed by atoms with Crippen LogP contribution in [0.25, 0.3) is 5.82 Å². The Bertz CT molecular complexity index is 959.